The summed E-state index contributed by atoms with van der Waals surface area (Å²) in [6.07, 6.45) is -0.860. The van der Waals surface area contributed by atoms with Crippen LogP contribution in [0.1, 0.15) is 87.9 Å². The summed E-state index contributed by atoms with van der Waals surface area (Å²) in [5.41, 5.74) is -0.973. The van der Waals surface area contributed by atoms with Gasteiger partial charge in [-0.25, -0.2) is 14.4 Å². The number of aromatic hydroxyl groups is 1. The second-order valence-electron chi connectivity index (χ2n) is 14.0. The van der Waals surface area contributed by atoms with E-state index in [4.69, 9.17) is 23.8 Å². The van der Waals surface area contributed by atoms with E-state index in [0.717, 1.165) is 5.56 Å². The first-order valence-electron chi connectivity index (χ1n) is 16.4. The molecule has 13 heteroatoms. The number of para-hydroxylation sites is 1. The number of amides is 1. The Hall–Kier alpha value is -5.59. The average Bonchev–Trinajstić information content (AvgIpc) is 3.46. The number of carboxylic acids is 1. The fourth-order valence-electron chi connectivity index (χ4n) is 5.16. The molecule has 1 heterocycles. The number of hydrogen-bond acceptors (Lipinski definition) is 11. The van der Waals surface area contributed by atoms with E-state index in [0.29, 0.717) is 29.7 Å². The van der Waals surface area contributed by atoms with E-state index in [1.165, 1.54) is 6.07 Å². The number of carbonyl (C=O) groups excluding carboxylic acids is 3. The van der Waals surface area contributed by atoms with Crippen LogP contribution in [0.5, 0.6) is 11.5 Å². The highest BCUT2D eigenvalue weighted by atomic mass is 16.7. The lowest BCUT2D eigenvalue weighted by molar-refractivity contribution is -0.175. The predicted octanol–water partition coefficient (Wildman–Crippen LogP) is 6.79. The number of aliphatic carboxylic acids is 1. The molecule has 1 amide bonds. The molecule has 272 valence electrons. The van der Waals surface area contributed by atoms with Gasteiger partial charge in [0.2, 0.25) is 5.60 Å². The molecule has 0 spiro atoms. The minimum absolute atomic E-state index is 0.0427. The van der Waals surface area contributed by atoms with Crippen molar-refractivity contribution in [1.82, 2.24) is 0 Å². The molecule has 0 radical (unpaired) electrons. The molecule has 1 atom stereocenters. The Morgan fingerprint density at radius 2 is 1.63 bits per heavy atom. The van der Waals surface area contributed by atoms with Crippen LogP contribution in [0.2, 0.25) is 0 Å². The average molecular weight is 705 g/mol. The van der Waals surface area contributed by atoms with Crippen molar-refractivity contribution in [3.63, 3.8) is 0 Å². The third-order valence-electron chi connectivity index (χ3n) is 7.35. The first-order chi connectivity index (χ1) is 23.9. The number of aryl methyl sites for hydroxylation is 1. The van der Waals surface area contributed by atoms with Gasteiger partial charge in [-0.15, -0.1) is 0 Å². The van der Waals surface area contributed by atoms with Crippen molar-refractivity contribution in [3.05, 3.63) is 89.0 Å². The number of nitrogens with zero attached hydrogens (tertiary/aromatic N) is 1. The van der Waals surface area contributed by atoms with E-state index in [2.05, 4.69) is 10.5 Å². The number of carboxylic acid groups (broad SMARTS) is 1. The maximum atomic E-state index is 13.2. The van der Waals surface area contributed by atoms with Crippen molar-refractivity contribution >= 4 is 35.4 Å². The topological polar surface area (TPSA) is 179 Å². The van der Waals surface area contributed by atoms with Crippen molar-refractivity contribution < 1.29 is 53.2 Å². The molecule has 0 aromatic heterocycles. The van der Waals surface area contributed by atoms with Crippen LogP contribution in [-0.2, 0) is 41.7 Å². The maximum Gasteiger partial charge on any atom is 0.412 e. The highest BCUT2D eigenvalue weighted by Gasteiger charge is 2.50. The molecule has 13 nitrogen and oxygen atoms in total. The number of esters is 2. The predicted molar refractivity (Wildman–Crippen MR) is 187 cm³/mol. The zero-order valence-electron chi connectivity index (χ0n) is 29.6. The SMILES string of the molecule is CC(C)(C)OC(=O)CC1(C(=O)O)CC(c2cccc(O)c2OCCCc2cc(NC(=O)OC(C)(C)C)ccc2C(=O)OCc2ccccc2)=NO1. The lowest BCUT2D eigenvalue weighted by Gasteiger charge is -2.24. The molecule has 1 aliphatic heterocycles. The smallest absolute Gasteiger partial charge is 0.412 e. The van der Waals surface area contributed by atoms with E-state index in [-0.39, 0.29) is 42.4 Å². The Kier molecular flexibility index (Phi) is 12.0. The van der Waals surface area contributed by atoms with E-state index in [1.807, 2.05) is 30.3 Å². The molecule has 3 N–H and O–H groups in total. The monoisotopic (exact) mass is 704 g/mol. The van der Waals surface area contributed by atoms with Crippen LogP contribution in [0.4, 0.5) is 10.5 Å². The summed E-state index contributed by atoms with van der Waals surface area (Å²) < 4.78 is 22.2. The van der Waals surface area contributed by atoms with E-state index in [9.17, 15) is 29.4 Å². The normalized spacial score (nSPS) is 15.6. The van der Waals surface area contributed by atoms with Crippen LogP contribution < -0.4 is 10.1 Å². The second-order valence-corrected chi connectivity index (χ2v) is 14.0. The van der Waals surface area contributed by atoms with E-state index >= 15 is 0 Å². The van der Waals surface area contributed by atoms with Gasteiger partial charge in [-0.3, -0.25) is 10.1 Å². The third-order valence-corrected chi connectivity index (χ3v) is 7.35. The largest absolute Gasteiger partial charge is 0.504 e. The van der Waals surface area contributed by atoms with Crippen LogP contribution in [0.25, 0.3) is 0 Å². The number of phenolic OH excluding ortho intramolecular Hbond substituents is 1. The molecule has 1 unspecified atom stereocenters. The van der Waals surface area contributed by atoms with Crippen LogP contribution in [0, 0.1) is 0 Å². The van der Waals surface area contributed by atoms with Crippen molar-refractivity contribution in [2.24, 2.45) is 5.16 Å². The molecule has 0 aliphatic carbocycles. The van der Waals surface area contributed by atoms with Gasteiger partial charge in [-0.1, -0.05) is 41.6 Å². The maximum absolute atomic E-state index is 13.2. The Morgan fingerprint density at radius 3 is 2.29 bits per heavy atom. The van der Waals surface area contributed by atoms with Crippen LogP contribution in [-0.4, -0.2) is 63.3 Å². The standard InChI is InChI=1S/C38H44N2O11/c1-36(2,3)49-31(42)22-38(34(44)45)21-29(40-51-38)28-15-10-16-30(41)32(28)47-19-11-14-25-20-26(39-35(46)50-37(4,5)6)17-18-27(25)33(43)48-23-24-12-8-7-9-13-24/h7-10,12-13,15-18,20,41H,11,14,19,21-23H2,1-6H3,(H,39,46)(H,44,45). The molecular weight excluding hydrogens is 660 g/mol. The Balaban J connectivity index is 1.48. The molecule has 0 saturated heterocycles. The molecule has 4 rings (SSSR count). The molecule has 51 heavy (non-hydrogen) atoms. The number of hydrogen-bond donors (Lipinski definition) is 3. The number of ether oxygens (including phenoxy) is 4. The molecule has 0 bridgehead atoms. The first-order valence-corrected chi connectivity index (χ1v) is 16.4. The number of anilines is 1. The fraction of sp³-hybridized carbons (Fsp3) is 0.395. The lowest BCUT2D eigenvalue weighted by Crippen LogP contribution is -2.42. The summed E-state index contributed by atoms with van der Waals surface area (Å²) in [7, 11) is 0. The van der Waals surface area contributed by atoms with Gasteiger partial charge in [0.15, 0.2) is 11.5 Å². The van der Waals surface area contributed by atoms with Crippen molar-refractivity contribution in [2.45, 2.75) is 90.6 Å². The highest BCUT2D eigenvalue weighted by molar-refractivity contribution is 6.07. The summed E-state index contributed by atoms with van der Waals surface area (Å²) in [6, 6.07) is 18.6. The number of nitrogens with one attached hydrogen (secondary N) is 1. The van der Waals surface area contributed by atoms with Crippen LogP contribution in [0.3, 0.4) is 0 Å². The first kappa shape index (κ1) is 38.2. The Morgan fingerprint density at radius 1 is 0.922 bits per heavy atom. The lowest BCUT2D eigenvalue weighted by atomic mass is 9.90. The molecule has 0 saturated carbocycles. The van der Waals surface area contributed by atoms with Gasteiger partial charge in [-0.2, -0.15) is 0 Å². The quantitative estimate of drug-likeness (QED) is 0.0969. The van der Waals surface area contributed by atoms with Gasteiger partial charge in [0.1, 0.15) is 17.8 Å². The second kappa shape index (κ2) is 16.0. The van der Waals surface area contributed by atoms with Crippen LogP contribution in [0.15, 0.2) is 71.9 Å². The van der Waals surface area contributed by atoms with Gasteiger partial charge in [0.25, 0.3) is 0 Å². The van der Waals surface area contributed by atoms with Gasteiger partial charge >= 0.3 is 24.0 Å². The summed E-state index contributed by atoms with van der Waals surface area (Å²) in [4.78, 5) is 55.8. The van der Waals surface area contributed by atoms with Crippen molar-refractivity contribution in [3.8, 4) is 11.5 Å². The molecule has 1 aliphatic rings. The number of carbonyl (C=O) groups is 4. The Labute approximate surface area is 296 Å². The molecule has 0 fully saturated rings. The van der Waals surface area contributed by atoms with Gasteiger partial charge in [-0.05, 0) is 95.8 Å². The summed E-state index contributed by atoms with van der Waals surface area (Å²) in [5, 5.41) is 27.4. The minimum Gasteiger partial charge on any atom is -0.504 e. The number of oxime groups is 1. The zero-order valence-corrected chi connectivity index (χ0v) is 29.6. The van der Waals surface area contributed by atoms with Gasteiger partial charge < -0.3 is 34.0 Å². The summed E-state index contributed by atoms with van der Waals surface area (Å²) in [6.45, 7) is 10.4. The highest BCUT2D eigenvalue weighted by Crippen LogP contribution is 2.37. The minimum atomic E-state index is -2.00. The van der Waals surface area contributed by atoms with E-state index in [1.54, 1.807) is 71.9 Å². The van der Waals surface area contributed by atoms with Crippen molar-refractivity contribution in [2.75, 3.05) is 11.9 Å². The molecule has 3 aromatic carbocycles. The van der Waals surface area contributed by atoms with E-state index < -0.39 is 47.2 Å². The number of benzene rings is 3. The number of rotatable bonds is 13. The molecular formula is C38H44N2O11. The van der Waals surface area contributed by atoms with Crippen molar-refractivity contribution in [1.29, 1.82) is 0 Å². The van der Waals surface area contributed by atoms with Gasteiger partial charge in [0.05, 0.1) is 24.3 Å². The zero-order chi connectivity index (χ0) is 37.4. The third kappa shape index (κ3) is 10.9. The van der Waals surface area contributed by atoms with Gasteiger partial charge in [0, 0.05) is 17.7 Å². The fourth-order valence-corrected chi connectivity index (χ4v) is 5.16. The number of phenols is 1. The summed E-state index contributed by atoms with van der Waals surface area (Å²) >= 11 is 0. The summed E-state index contributed by atoms with van der Waals surface area (Å²) in [5.74, 6) is -2.88. The Bertz CT molecular complexity index is 1770. The van der Waals surface area contributed by atoms with Crippen LogP contribution >= 0.6 is 0 Å². The molecule has 3 aromatic rings.